The first-order valence-corrected chi connectivity index (χ1v) is 5.58. The summed E-state index contributed by atoms with van der Waals surface area (Å²) in [4.78, 5) is 3.45. The summed E-state index contributed by atoms with van der Waals surface area (Å²) in [5.41, 5.74) is 3.78. The van der Waals surface area contributed by atoms with Gasteiger partial charge in [-0.2, -0.15) is 0 Å². The molecule has 0 unspecified atom stereocenters. The summed E-state index contributed by atoms with van der Waals surface area (Å²) in [6, 6.07) is 12.6. The molecule has 1 N–H and O–H groups in total. The maximum absolute atomic E-state index is 5.61. The number of para-hydroxylation sites is 1. The third kappa shape index (κ3) is 0.915. The topological polar surface area (TPSA) is 25.0 Å². The fourth-order valence-corrected chi connectivity index (χ4v) is 2.64. The van der Waals surface area contributed by atoms with Crippen LogP contribution < -0.4 is 4.74 Å². The van der Waals surface area contributed by atoms with E-state index < -0.39 is 0 Å². The van der Waals surface area contributed by atoms with E-state index in [9.17, 15) is 0 Å². The van der Waals surface area contributed by atoms with Crippen LogP contribution >= 0.6 is 0 Å². The maximum atomic E-state index is 5.61. The quantitative estimate of drug-likeness (QED) is 0.604. The minimum absolute atomic E-state index is 0.813. The molecule has 0 amide bonds. The summed E-state index contributed by atoms with van der Waals surface area (Å²) in [5.74, 6) is 1.05. The third-order valence-electron chi connectivity index (χ3n) is 3.35. The van der Waals surface area contributed by atoms with Gasteiger partial charge in [0.25, 0.3) is 0 Å². The van der Waals surface area contributed by atoms with Gasteiger partial charge >= 0.3 is 0 Å². The number of aromatic nitrogens is 1. The number of hydrogen-bond acceptors (Lipinski definition) is 1. The molecule has 2 heteroatoms. The van der Waals surface area contributed by atoms with E-state index in [2.05, 4.69) is 41.4 Å². The Labute approximate surface area is 92.8 Å². The average Bonchev–Trinajstić information content (AvgIpc) is 2.91. The molecule has 0 bridgehead atoms. The van der Waals surface area contributed by atoms with Crippen LogP contribution in [0.4, 0.5) is 0 Å². The Morgan fingerprint density at radius 3 is 2.94 bits per heavy atom. The lowest BCUT2D eigenvalue weighted by atomic mass is 10.0. The van der Waals surface area contributed by atoms with Crippen molar-refractivity contribution in [2.75, 3.05) is 6.61 Å². The number of aromatic amines is 1. The Morgan fingerprint density at radius 1 is 1.00 bits per heavy atom. The molecule has 2 aromatic carbocycles. The monoisotopic (exact) mass is 209 g/mol. The molecule has 2 heterocycles. The fourth-order valence-electron chi connectivity index (χ4n) is 2.64. The predicted octanol–water partition coefficient (Wildman–Crippen LogP) is 3.26. The number of H-pyrrole nitrogens is 1. The Hall–Kier alpha value is -1.96. The molecule has 0 aliphatic carbocycles. The lowest BCUT2D eigenvalue weighted by molar-refractivity contribution is 0.357. The van der Waals surface area contributed by atoms with Gasteiger partial charge in [0.15, 0.2) is 0 Å². The maximum Gasteiger partial charge on any atom is 0.123 e. The lowest BCUT2D eigenvalue weighted by Gasteiger charge is -1.99. The number of nitrogens with one attached hydrogen (secondary N) is 1. The van der Waals surface area contributed by atoms with E-state index in [0.717, 1.165) is 18.8 Å². The molecule has 2 nitrogen and oxygen atoms in total. The summed E-state index contributed by atoms with van der Waals surface area (Å²) in [6.07, 6.45) is 1.02. The molecule has 78 valence electrons. The highest BCUT2D eigenvalue weighted by Crippen LogP contribution is 2.36. The summed E-state index contributed by atoms with van der Waals surface area (Å²) >= 11 is 0. The van der Waals surface area contributed by atoms with Gasteiger partial charge in [-0.1, -0.05) is 18.2 Å². The van der Waals surface area contributed by atoms with Gasteiger partial charge in [0.1, 0.15) is 5.75 Å². The number of ether oxygens (including phenoxy) is 1. The van der Waals surface area contributed by atoms with Crippen LogP contribution in [0.25, 0.3) is 21.8 Å². The zero-order valence-corrected chi connectivity index (χ0v) is 8.79. The van der Waals surface area contributed by atoms with Crippen LogP contribution in [0, 0.1) is 0 Å². The third-order valence-corrected chi connectivity index (χ3v) is 3.35. The molecule has 0 radical (unpaired) electrons. The molecule has 3 aromatic rings. The van der Waals surface area contributed by atoms with Gasteiger partial charge in [-0.15, -0.1) is 0 Å². The molecule has 1 aliphatic heterocycles. The second-order valence-corrected chi connectivity index (χ2v) is 4.23. The van der Waals surface area contributed by atoms with Gasteiger partial charge in [-0.05, 0) is 18.2 Å². The minimum atomic E-state index is 0.813. The van der Waals surface area contributed by atoms with Crippen molar-refractivity contribution in [2.45, 2.75) is 6.42 Å². The second-order valence-electron chi connectivity index (χ2n) is 4.23. The van der Waals surface area contributed by atoms with Crippen molar-refractivity contribution in [1.29, 1.82) is 0 Å². The SMILES string of the molecule is c1ccc2c(c1)[nH]c1ccc3c(c12)CCO3. The normalized spacial score (nSPS) is 14.2. The molecule has 16 heavy (non-hydrogen) atoms. The highest BCUT2D eigenvalue weighted by atomic mass is 16.5. The largest absolute Gasteiger partial charge is 0.493 e. The van der Waals surface area contributed by atoms with Gasteiger partial charge < -0.3 is 9.72 Å². The van der Waals surface area contributed by atoms with Gasteiger partial charge in [-0.25, -0.2) is 0 Å². The van der Waals surface area contributed by atoms with Gasteiger partial charge in [0, 0.05) is 33.8 Å². The average molecular weight is 209 g/mol. The highest BCUT2D eigenvalue weighted by molar-refractivity contribution is 6.09. The van der Waals surface area contributed by atoms with Crippen LogP contribution in [0.15, 0.2) is 36.4 Å². The Kier molecular flexibility index (Phi) is 1.43. The van der Waals surface area contributed by atoms with Crippen LogP contribution in [-0.4, -0.2) is 11.6 Å². The van der Waals surface area contributed by atoms with E-state index in [1.807, 2.05) is 0 Å². The van der Waals surface area contributed by atoms with E-state index in [-0.39, 0.29) is 0 Å². The lowest BCUT2D eigenvalue weighted by Crippen LogP contribution is -1.85. The number of fused-ring (bicyclic) bond motifs is 5. The molecular formula is C14H11NO. The van der Waals surface area contributed by atoms with Crippen molar-refractivity contribution in [2.24, 2.45) is 0 Å². The van der Waals surface area contributed by atoms with Crippen LogP contribution in [0.5, 0.6) is 5.75 Å². The molecule has 0 atom stereocenters. The summed E-state index contributed by atoms with van der Waals surface area (Å²) in [5, 5.41) is 2.64. The Bertz CT molecular complexity index is 696. The first kappa shape index (κ1) is 8.22. The van der Waals surface area contributed by atoms with Gasteiger partial charge in [-0.3, -0.25) is 0 Å². The van der Waals surface area contributed by atoms with E-state index in [0.29, 0.717) is 0 Å². The van der Waals surface area contributed by atoms with Crippen molar-refractivity contribution >= 4 is 21.8 Å². The number of rotatable bonds is 0. The molecule has 0 fully saturated rings. The van der Waals surface area contributed by atoms with Crippen LogP contribution in [0.3, 0.4) is 0 Å². The van der Waals surface area contributed by atoms with Crippen molar-refractivity contribution < 1.29 is 4.74 Å². The molecule has 0 saturated heterocycles. The van der Waals surface area contributed by atoms with Crippen LogP contribution in [-0.2, 0) is 6.42 Å². The fraction of sp³-hybridized carbons (Fsp3) is 0.143. The van der Waals surface area contributed by atoms with E-state index in [1.54, 1.807) is 0 Å². The second kappa shape index (κ2) is 2.79. The summed E-state index contributed by atoms with van der Waals surface area (Å²) < 4.78 is 5.61. The molecular weight excluding hydrogens is 198 g/mol. The van der Waals surface area contributed by atoms with Crippen molar-refractivity contribution in [3.8, 4) is 5.75 Å². The molecule has 0 saturated carbocycles. The highest BCUT2D eigenvalue weighted by Gasteiger charge is 2.17. The van der Waals surface area contributed by atoms with Crippen LogP contribution in [0.2, 0.25) is 0 Å². The van der Waals surface area contributed by atoms with E-state index in [4.69, 9.17) is 4.74 Å². The number of benzene rings is 2. The summed E-state index contributed by atoms with van der Waals surface area (Å²) in [6.45, 7) is 0.813. The van der Waals surface area contributed by atoms with Crippen LogP contribution in [0.1, 0.15) is 5.56 Å². The van der Waals surface area contributed by atoms with Gasteiger partial charge in [0.2, 0.25) is 0 Å². The zero-order valence-electron chi connectivity index (χ0n) is 8.79. The zero-order chi connectivity index (χ0) is 10.5. The van der Waals surface area contributed by atoms with Crippen molar-refractivity contribution in [3.63, 3.8) is 0 Å². The molecule has 4 rings (SSSR count). The first-order valence-electron chi connectivity index (χ1n) is 5.58. The molecule has 0 spiro atoms. The van der Waals surface area contributed by atoms with Crippen molar-refractivity contribution in [3.05, 3.63) is 42.0 Å². The minimum Gasteiger partial charge on any atom is -0.493 e. The summed E-state index contributed by atoms with van der Waals surface area (Å²) in [7, 11) is 0. The molecule has 1 aliphatic rings. The van der Waals surface area contributed by atoms with E-state index >= 15 is 0 Å². The Morgan fingerprint density at radius 2 is 1.94 bits per heavy atom. The van der Waals surface area contributed by atoms with Gasteiger partial charge in [0.05, 0.1) is 6.61 Å². The molecule has 1 aromatic heterocycles. The number of hydrogen-bond donors (Lipinski definition) is 1. The standard InChI is InChI=1S/C14H11NO/c1-2-4-11-9(3-1)14-10-7-8-16-13(10)6-5-12(14)15-11/h1-6,15H,7-8H2. The predicted molar refractivity (Wildman–Crippen MR) is 65.0 cm³/mol. The Balaban J connectivity index is 2.27. The first-order chi connectivity index (χ1) is 7.93. The van der Waals surface area contributed by atoms with E-state index in [1.165, 1.54) is 27.4 Å². The smallest absolute Gasteiger partial charge is 0.123 e. The van der Waals surface area contributed by atoms with Crippen molar-refractivity contribution in [1.82, 2.24) is 4.98 Å².